The maximum Gasteiger partial charge on any atom is 0.0801 e. The molecule has 2 aliphatic rings. The minimum atomic E-state index is 1.06. The topological polar surface area (TPSA) is 24.7 Å². The fourth-order valence-corrected chi connectivity index (χ4v) is 4.81. The van der Waals surface area contributed by atoms with Crippen LogP contribution in [0, 0.1) is 0 Å². The molecule has 0 radical (unpaired) electrons. The molecule has 2 heteroatoms. The molecule has 0 spiro atoms. The first kappa shape index (κ1) is 14.3. The number of rotatable bonds is 0. The van der Waals surface area contributed by atoms with Gasteiger partial charge in [0.2, 0.25) is 0 Å². The molecule has 7 rings (SSSR count). The predicted octanol–water partition coefficient (Wildman–Crippen LogP) is 5.68. The Bertz CT molecular complexity index is 1660. The third-order valence-corrected chi connectivity index (χ3v) is 6.03. The molecule has 5 aromatic rings. The predicted molar refractivity (Wildman–Crippen MR) is 115 cm³/mol. The zero-order valence-electron chi connectivity index (χ0n) is 15.0. The van der Waals surface area contributed by atoms with Gasteiger partial charge in [-0.3, -0.25) is 4.99 Å². The number of fused-ring (bicyclic) bond motifs is 12. The van der Waals surface area contributed by atoms with Gasteiger partial charge in [0.25, 0.3) is 0 Å². The summed E-state index contributed by atoms with van der Waals surface area (Å²) in [5.41, 5.74) is 4.74. The average Bonchev–Trinajstić information content (AvgIpc) is 3.38. The average molecular weight is 354 g/mol. The van der Waals surface area contributed by atoms with Crippen molar-refractivity contribution in [1.29, 1.82) is 0 Å². The van der Waals surface area contributed by atoms with Crippen molar-refractivity contribution in [3.05, 3.63) is 95.3 Å². The van der Waals surface area contributed by atoms with Crippen molar-refractivity contribution in [3.8, 4) is 11.1 Å². The summed E-state index contributed by atoms with van der Waals surface area (Å²) in [5.74, 6) is 0. The summed E-state index contributed by atoms with van der Waals surface area (Å²) < 4.78 is 0. The smallest absolute Gasteiger partial charge is 0.0801 e. The maximum atomic E-state index is 5.19. The highest BCUT2D eigenvalue weighted by Gasteiger charge is 2.22. The van der Waals surface area contributed by atoms with Gasteiger partial charge < -0.3 is 0 Å². The highest BCUT2D eigenvalue weighted by atomic mass is 14.8. The molecule has 0 amide bonds. The van der Waals surface area contributed by atoms with Crippen LogP contribution in [0.2, 0.25) is 0 Å². The zero-order chi connectivity index (χ0) is 18.2. The van der Waals surface area contributed by atoms with Crippen molar-refractivity contribution < 1.29 is 0 Å². The molecule has 0 aromatic heterocycles. The first-order chi connectivity index (χ1) is 13.9. The Hall–Kier alpha value is -3.78. The van der Waals surface area contributed by atoms with Crippen molar-refractivity contribution in [2.75, 3.05) is 0 Å². The van der Waals surface area contributed by atoms with E-state index in [0.717, 1.165) is 16.4 Å². The van der Waals surface area contributed by atoms with Crippen molar-refractivity contribution >= 4 is 44.1 Å². The van der Waals surface area contributed by atoms with E-state index in [-0.39, 0.29) is 0 Å². The van der Waals surface area contributed by atoms with Crippen molar-refractivity contribution in [1.82, 2.24) is 0 Å². The molecule has 0 aliphatic carbocycles. The van der Waals surface area contributed by atoms with Crippen LogP contribution in [-0.4, -0.2) is 0 Å². The van der Waals surface area contributed by atoms with Gasteiger partial charge in [0.05, 0.1) is 16.4 Å². The van der Waals surface area contributed by atoms with Gasteiger partial charge >= 0.3 is 0 Å². The molecular weight excluding hydrogens is 340 g/mol. The standard InChI is InChI=1S/C26H14N2/c1-3-7-18-16(5-1)17-6-2-4-8-19(17)26-23(18)22-12-11-20-21(25(22)28-26)10-9-15-13-14-27-24(15)20/h1-14H. The molecule has 128 valence electrons. The SMILES string of the molecule is C1=Cc2ccc3c4c(ccc3c2=N1)-c1c(c2ccccc2c2ccccc12)N=4. The van der Waals surface area contributed by atoms with Gasteiger partial charge in [0.1, 0.15) is 0 Å². The van der Waals surface area contributed by atoms with Crippen LogP contribution in [0.15, 0.2) is 89.0 Å². The third-order valence-electron chi connectivity index (χ3n) is 6.03. The Morgan fingerprint density at radius 3 is 2.07 bits per heavy atom. The van der Waals surface area contributed by atoms with Gasteiger partial charge in [-0.2, -0.15) is 0 Å². The number of hydrogen-bond acceptors (Lipinski definition) is 2. The molecule has 28 heavy (non-hydrogen) atoms. The first-order valence-corrected chi connectivity index (χ1v) is 9.53. The van der Waals surface area contributed by atoms with E-state index in [9.17, 15) is 0 Å². The lowest BCUT2D eigenvalue weighted by molar-refractivity contribution is 1.41. The molecule has 0 atom stereocenters. The van der Waals surface area contributed by atoms with Crippen molar-refractivity contribution in [2.45, 2.75) is 0 Å². The third kappa shape index (κ3) is 1.64. The molecule has 0 saturated heterocycles. The summed E-state index contributed by atoms with van der Waals surface area (Å²) >= 11 is 0. The fraction of sp³-hybridized carbons (Fsp3) is 0. The molecule has 2 heterocycles. The second-order valence-corrected chi connectivity index (χ2v) is 7.43. The van der Waals surface area contributed by atoms with Crippen molar-refractivity contribution in [2.24, 2.45) is 9.98 Å². The zero-order valence-corrected chi connectivity index (χ0v) is 15.0. The highest BCUT2D eigenvalue weighted by Crippen LogP contribution is 2.45. The van der Waals surface area contributed by atoms with Crippen LogP contribution in [0.5, 0.6) is 0 Å². The highest BCUT2D eigenvalue weighted by molar-refractivity contribution is 6.21. The van der Waals surface area contributed by atoms with Crippen LogP contribution in [0.1, 0.15) is 5.56 Å². The monoisotopic (exact) mass is 354 g/mol. The van der Waals surface area contributed by atoms with Crippen LogP contribution in [0.4, 0.5) is 5.69 Å². The summed E-state index contributed by atoms with van der Waals surface area (Å²) in [7, 11) is 0. The van der Waals surface area contributed by atoms with E-state index in [1.165, 1.54) is 49.0 Å². The number of hydrogen-bond donors (Lipinski definition) is 0. The van der Waals surface area contributed by atoms with Crippen LogP contribution in [0.25, 0.3) is 49.5 Å². The van der Waals surface area contributed by atoms with Gasteiger partial charge in [0, 0.05) is 39.0 Å². The van der Waals surface area contributed by atoms with Crippen molar-refractivity contribution in [3.63, 3.8) is 0 Å². The van der Waals surface area contributed by atoms with E-state index in [1.54, 1.807) is 0 Å². The Labute approximate surface area is 160 Å². The Morgan fingerprint density at radius 1 is 0.536 bits per heavy atom. The normalized spacial score (nSPS) is 13.4. The molecule has 0 fully saturated rings. The van der Waals surface area contributed by atoms with E-state index < -0.39 is 0 Å². The van der Waals surface area contributed by atoms with Crippen LogP contribution < -0.4 is 10.7 Å². The summed E-state index contributed by atoms with van der Waals surface area (Å²) in [5, 5.41) is 9.50. The summed E-state index contributed by atoms with van der Waals surface area (Å²) in [4.78, 5) is 9.76. The quantitative estimate of drug-likeness (QED) is 0.313. The van der Waals surface area contributed by atoms with Crippen LogP contribution in [0.3, 0.4) is 0 Å². The summed E-state index contributed by atoms with van der Waals surface area (Å²) in [6, 6.07) is 26.0. The molecule has 0 N–H and O–H groups in total. The summed E-state index contributed by atoms with van der Waals surface area (Å²) in [6.45, 7) is 0. The second kappa shape index (κ2) is 4.93. The van der Waals surface area contributed by atoms with Gasteiger partial charge in [-0.05, 0) is 22.2 Å². The van der Waals surface area contributed by atoms with Crippen LogP contribution >= 0.6 is 0 Å². The van der Waals surface area contributed by atoms with E-state index in [1.807, 2.05) is 6.20 Å². The molecule has 2 nitrogen and oxygen atoms in total. The minimum Gasteiger partial charge on any atom is -0.256 e. The van der Waals surface area contributed by atoms with E-state index in [0.29, 0.717) is 0 Å². The molecule has 0 saturated carbocycles. The lowest BCUT2D eigenvalue weighted by atomic mass is 9.91. The lowest BCUT2D eigenvalue weighted by Gasteiger charge is -2.11. The Morgan fingerprint density at radius 2 is 1.21 bits per heavy atom. The maximum absolute atomic E-state index is 5.19. The summed E-state index contributed by atoms with van der Waals surface area (Å²) in [6.07, 6.45) is 3.94. The van der Waals surface area contributed by atoms with Gasteiger partial charge in [-0.15, -0.1) is 0 Å². The first-order valence-electron chi connectivity index (χ1n) is 9.53. The van der Waals surface area contributed by atoms with Crippen LogP contribution in [-0.2, 0) is 0 Å². The number of nitrogens with zero attached hydrogens (tertiary/aromatic N) is 2. The lowest BCUT2D eigenvalue weighted by Crippen LogP contribution is -2.11. The molecule has 5 aromatic carbocycles. The van der Waals surface area contributed by atoms with E-state index in [4.69, 9.17) is 4.99 Å². The largest absolute Gasteiger partial charge is 0.256 e. The van der Waals surface area contributed by atoms with E-state index in [2.05, 4.69) is 83.9 Å². The van der Waals surface area contributed by atoms with Gasteiger partial charge in [0.15, 0.2) is 0 Å². The second-order valence-electron chi connectivity index (χ2n) is 7.43. The Balaban J connectivity index is 1.73. The molecule has 0 bridgehead atoms. The molecule has 0 unspecified atom stereocenters. The van der Waals surface area contributed by atoms with E-state index >= 15 is 0 Å². The number of benzene rings is 5. The molecular formula is C26H14N2. The minimum absolute atomic E-state index is 1.06. The van der Waals surface area contributed by atoms with Gasteiger partial charge in [-0.25, -0.2) is 4.99 Å². The van der Waals surface area contributed by atoms with Gasteiger partial charge in [-0.1, -0.05) is 72.8 Å². The Kier molecular flexibility index (Phi) is 2.52. The fourth-order valence-electron chi connectivity index (χ4n) is 4.81. The molecule has 2 aliphatic heterocycles.